The van der Waals surface area contributed by atoms with Crippen molar-refractivity contribution < 1.29 is 66.4 Å². The first-order valence-corrected chi connectivity index (χ1v) is 10.4. The van der Waals surface area contributed by atoms with E-state index in [1.54, 1.807) is 44.6 Å². The van der Waals surface area contributed by atoms with Crippen LogP contribution in [0.25, 0.3) is 5.76 Å². The monoisotopic (exact) mass is 664 g/mol. The van der Waals surface area contributed by atoms with Gasteiger partial charge in [0.2, 0.25) is 0 Å². The average Bonchev–Trinajstić information content (AvgIpc) is 2.98. The number of hydrogen-bond acceptors (Lipinski definition) is 5. The minimum atomic E-state index is -0.450. The third kappa shape index (κ3) is 17.0. The molecule has 2 rings (SSSR count). The molecule has 0 N–H and O–H groups in total. The Morgan fingerprint density at radius 1 is 0.750 bits per heavy atom. The van der Waals surface area contributed by atoms with E-state index in [1.807, 2.05) is 31.2 Å². The van der Waals surface area contributed by atoms with Crippen molar-refractivity contribution in [1.82, 2.24) is 0 Å². The summed E-state index contributed by atoms with van der Waals surface area (Å²) in [7, 11) is 3.18. The van der Waals surface area contributed by atoms with Crippen LogP contribution in [0.15, 0.2) is 54.6 Å². The SMILES string of the molecule is CCO[C](=[W])/C=C(\OC(=O)c1ccc(OC)cc1)c1ccc(OC)cc1.[C-]#[O+].[C-]#[O+].[C-]#[O+].[C-]#[O+].[C-]#[O+]. The van der Waals surface area contributed by atoms with Gasteiger partial charge in [-0.05, 0) is 0 Å². The molecule has 0 aliphatic heterocycles. The first-order valence-electron chi connectivity index (χ1n) is 8.98. The van der Waals surface area contributed by atoms with Gasteiger partial charge in [0.25, 0.3) is 0 Å². The molecule has 2 aromatic rings. The summed E-state index contributed by atoms with van der Waals surface area (Å²) in [4.78, 5) is 12.5. The molecular weight excluding hydrogens is 644 g/mol. The summed E-state index contributed by atoms with van der Waals surface area (Å²) in [5.74, 6) is 1.38. The summed E-state index contributed by atoms with van der Waals surface area (Å²) < 4.78 is 59.7. The van der Waals surface area contributed by atoms with Gasteiger partial charge in [0, 0.05) is 0 Å². The zero-order valence-electron chi connectivity index (χ0n) is 19.4. The van der Waals surface area contributed by atoms with Crippen LogP contribution in [0.1, 0.15) is 22.8 Å². The number of hydrogen-bond donors (Lipinski definition) is 0. The number of carbonyl (C=O) groups excluding carboxylic acids is 1. The molecule has 0 aliphatic rings. The van der Waals surface area contributed by atoms with Gasteiger partial charge < -0.3 is 0 Å². The number of ether oxygens (including phenoxy) is 4. The topological polar surface area (TPSA) is 153 Å². The average molecular weight is 664 g/mol. The molecule has 36 heavy (non-hydrogen) atoms. The molecule has 0 amide bonds. The molecule has 0 bridgehead atoms. The van der Waals surface area contributed by atoms with E-state index in [0.29, 0.717) is 23.7 Å². The van der Waals surface area contributed by atoms with Gasteiger partial charge in [-0.15, -0.1) is 0 Å². The van der Waals surface area contributed by atoms with E-state index in [-0.39, 0.29) is 0 Å². The van der Waals surface area contributed by atoms with Gasteiger partial charge in [0.05, 0.1) is 0 Å². The van der Waals surface area contributed by atoms with Gasteiger partial charge in [-0.3, -0.25) is 0 Å². The molecule has 10 nitrogen and oxygen atoms in total. The van der Waals surface area contributed by atoms with Crippen LogP contribution in [0.3, 0.4) is 0 Å². The first-order chi connectivity index (χ1) is 17.6. The predicted molar refractivity (Wildman–Crippen MR) is 116 cm³/mol. The fraction of sp³-hybridized carbons (Fsp3) is 0.160. The number of methoxy groups -OCH3 is 2. The van der Waals surface area contributed by atoms with Crippen LogP contribution in [0.5, 0.6) is 11.5 Å². The zero-order valence-corrected chi connectivity index (χ0v) is 22.3. The second-order valence-corrected chi connectivity index (χ2v) is 6.55. The predicted octanol–water partition coefficient (Wildman–Crippen LogP) is 3.43. The van der Waals surface area contributed by atoms with Crippen molar-refractivity contribution in [3.63, 3.8) is 0 Å². The summed E-state index contributed by atoms with van der Waals surface area (Å²) in [6.07, 6.45) is 1.74. The van der Waals surface area contributed by atoms with Crippen molar-refractivity contribution >= 4 is 15.8 Å². The fourth-order valence-corrected chi connectivity index (χ4v) is 2.91. The fourth-order valence-electron chi connectivity index (χ4n) is 2.10. The van der Waals surface area contributed by atoms with E-state index >= 15 is 0 Å². The third-order valence-electron chi connectivity index (χ3n) is 3.44. The van der Waals surface area contributed by atoms with Gasteiger partial charge in [0.15, 0.2) is 0 Å². The molecule has 0 saturated heterocycles. The normalized spacial score (nSPS) is 8.19. The maximum atomic E-state index is 12.5. The van der Waals surface area contributed by atoms with E-state index in [4.69, 9.17) is 42.2 Å². The molecule has 0 fully saturated rings. The Labute approximate surface area is 220 Å². The Kier molecular flexibility index (Phi) is 32.5. The van der Waals surface area contributed by atoms with Crippen LogP contribution in [-0.4, -0.2) is 30.9 Å². The van der Waals surface area contributed by atoms with Crippen LogP contribution >= 0.6 is 0 Å². The Hall–Kier alpha value is -3.53. The molecule has 0 saturated carbocycles. The summed E-state index contributed by atoms with van der Waals surface area (Å²) in [5, 5.41) is 0. The number of benzene rings is 2. The number of carbonyl (C=O) groups is 1. The van der Waals surface area contributed by atoms with Gasteiger partial charge in [0.1, 0.15) is 0 Å². The van der Waals surface area contributed by atoms with E-state index in [9.17, 15) is 4.79 Å². The van der Waals surface area contributed by atoms with E-state index in [2.05, 4.69) is 33.3 Å². The number of esters is 1. The van der Waals surface area contributed by atoms with Crippen LogP contribution in [-0.2, 0) is 52.1 Å². The van der Waals surface area contributed by atoms with Gasteiger partial charge in [-0.25, -0.2) is 0 Å². The van der Waals surface area contributed by atoms with Crippen molar-refractivity contribution in [3.05, 3.63) is 99.0 Å². The second-order valence-electron chi connectivity index (χ2n) is 5.11. The molecule has 0 aromatic heterocycles. The molecule has 0 unspecified atom stereocenters. The molecule has 0 spiro atoms. The first kappa shape index (κ1) is 39.7. The van der Waals surface area contributed by atoms with E-state index in [0.717, 1.165) is 34.8 Å². The molecule has 0 heterocycles. The van der Waals surface area contributed by atoms with Crippen LogP contribution < -0.4 is 9.47 Å². The standard InChI is InChI=1S/C20H20O5.5CO.W/c1-4-24-14-13-19(15-5-9-17(22-2)10-6-15)25-20(21)16-7-11-18(23-3)12-8-16;5*1-2;/h5-13H,4H2,1-3H3;;;;;;/b19-13-;;;;;;. The Balaban J connectivity index is -0.000000456. The zero-order chi connectivity index (χ0) is 28.9. The van der Waals surface area contributed by atoms with Crippen LogP contribution in [0.2, 0.25) is 0 Å². The van der Waals surface area contributed by atoms with Crippen molar-refractivity contribution in [2.45, 2.75) is 6.92 Å². The van der Waals surface area contributed by atoms with E-state index in [1.165, 1.54) is 0 Å². The van der Waals surface area contributed by atoms with Crippen LogP contribution in [0.4, 0.5) is 0 Å². The summed E-state index contributed by atoms with van der Waals surface area (Å²) in [6, 6.07) is 14.1. The van der Waals surface area contributed by atoms with Crippen molar-refractivity contribution in [2.75, 3.05) is 20.8 Å². The van der Waals surface area contributed by atoms with E-state index < -0.39 is 5.97 Å². The third-order valence-corrected chi connectivity index (χ3v) is 4.29. The van der Waals surface area contributed by atoms with Gasteiger partial charge in [-0.2, -0.15) is 0 Å². The summed E-state index contributed by atoms with van der Waals surface area (Å²) in [6.45, 7) is 25.0. The second kappa shape index (κ2) is 29.5. The summed E-state index contributed by atoms with van der Waals surface area (Å²) >= 11 is 1.15. The van der Waals surface area contributed by atoms with Gasteiger partial charge in [-0.1, -0.05) is 0 Å². The Bertz CT molecular complexity index is 964. The number of rotatable bonds is 8. The molecule has 186 valence electrons. The quantitative estimate of drug-likeness (QED) is 0.183. The van der Waals surface area contributed by atoms with Crippen molar-refractivity contribution in [3.8, 4) is 11.5 Å². The summed E-state index contributed by atoms with van der Waals surface area (Å²) in [5.41, 5.74) is 1.19. The molecule has 2 aromatic carbocycles. The molecular formula is C25H20O10W. The Morgan fingerprint density at radius 2 is 1.11 bits per heavy atom. The Morgan fingerprint density at radius 3 is 1.44 bits per heavy atom. The molecule has 0 atom stereocenters. The minimum absolute atomic E-state index is 0.423. The molecule has 11 heteroatoms. The van der Waals surface area contributed by atoms with Crippen molar-refractivity contribution in [2.24, 2.45) is 0 Å². The van der Waals surface area contributed by atoms with Gasteiger partial charge >= 0.3 is 220 Å². The van der Waals surface area contributed by atoms with Crippen LogP contribution in [0, 0.1) is 33.3 Å². The maximum absolute atomic E-state index is 12.5. The van der Waals surface area contributed by atoms with Crippen molar-refractivity contribution in [1.29, 1.82) is 0 Å². The molecule has 0 aliphatic carbocycles. The molecule has 0 radical (unpaired) electrons.